The summed E-state index contributed by atoms with van der Waals surface area (Å²) in [5, 5.41) is 1.90. The highest BCUT2D eigenvalue weighted by atomic mass is 19.4. The van der Waals surface area contributed by atoms with Crippen LogP contribution in [0.3, 0.4) is 0 Å². The Morgan fingerprint density at radius 3 is 2.33 bits per heavy atom. The van der Waals surface area contributed by atoms with Crippen LogP contribution in [0, 0.1) is 0 Å². The monoisotopic (exact) mass is 484 g/mol. The van der Waals surface area contributed by atoms with E-state index in [-0.39, 0.29) is 19.6 Å². The number of rotatable bonds is 6. The average Bonchev–Trinajstić information content (AvgIpc) is 3.24. The van der Waals surface area contributed by atoms with Gasteiger partial charge in [-0.3, -0.25) is 0 Å². The number of urea groups is 1. The first-order valence-electron chi connectivity index (χ1n) is 9.88. The molecule has 33 heavy (non-hydrogen) atoms. The number of ether oxygens (including phenoxy) is 2. The van der Waals surface area contributed by atoms with E-state index in [4.69, 9.17) is 4.74 Å². The van der Waals surface area contributed by atoms with Gasteiger partial charge in [-0.2, -0.15) is 26.3 Å². The van der Waals surface area contributed by atoms with Crippen LogP contribution in [0.4, 0.5) is 31.1 Å². The molecule has 0 saturated carbocycles. The molecule has 3 rings (SSSR count). The van der Waals surface area contributed by atoms with Crippen molar-refractivity contribution in [1.29, 1.82) is 0 Å². The van der Waals surface area contributed by atoms with E-state index in [1.165, 1.54) is 0 Å². The summed E-state index contributed by atoms with van der Waals surface area (Å²) in [5.41, 5.74) is -0.589. The Hall–Kier alpha value is -2.54. The van der Waals surface area contributed by atoms with Crippen molar-refractivity contribution in [2.24, 2.45) is 0 Å². The van der Waals surface area contributed by atoms with Crippen LogP contribution < -0.4 is 5.32 Å². The van der Waals surface area contributed by atoms with Gasteiger partial charge in [0.15, 0.2) is 5.60 Å². The molecule has 13 heteroatoms. The van der Waals surface area contributed by atoms with E-state index in [2.05, 4.69) is 14.7 Å². The Kier molecular flexibility index (Phi) is 8.22. The number of aromatic nitrogens is 2. The molecule has 1 fully saturated rings. The fourth-order valence-electron chi connectivity index (χ4n) is 2.94. The minimum atomic E-state index is -4.52. The van der Waals surface area contributed by atoms with Gasteiger partial charge in [0.1, 0.15) is 11.9 Å². The number of hydrogen-bond acceptors (Lipinski definition) is 4. The van der Waals surface area contributed by atoms with Crippen molar-refractivity contribution in [3.63, 3.8) is 0 Å². The van der Waals surface area contributed by atoms with Crippen LogP contribution >= 0.6 is 0 Å². The normalized spacial score (nSPS) is 17.2. The predicted molar refractivity (Wildman–Crippen MR) is 108 cm³/mol. The zero-order chi connectivity index (χ0) is 25.0. The Morgan fingerprint density at radius 1 is 1.15 bits per heavy atom. The molecule has 186 valence electrons. The predicted octanol–water partition coefficient (Wildman–Crippen LogP) is 4.18. The van der Waals surface area contributed by atoms with Crippen molar-refractivity contribution in [3.8, 4) is 0 Å². The van der Waals surface area contributed by atoms with Crippen LogP contribution in [0.5, 0.6) is 0 Å². The van der Waals surface area contributed by atoms with Gasteiger partial charge in [0.25, 0.3) is 0 Å². The second-order valence-corrected chi connectivity index (χ2v) is 7.97. The maximum Gasteiger partial charge on any atom is 0.416 e. The topological polar surface area (TPSA) is 79.5 Å². The molecule has 0 aliphatic carbocycles. The van der Waals surface area contributed by atoms with Gasteiger partial charge in [0, 0.05) is 27.2 Å². The summed E-state index contributed by atoms with van der Waals surface area (Å²) in [7, 11) is 3.25. The van der Waals surface area contributed by atoms with Crippen molar-refractivity contribution in [1.82, 2.24) is 20.2 Å². The van der Waals surface area contributed by atoms with Crippen LogP contribution in [0.1, 0.15) is 25.2 Å². The quantitative estimate of drug-likeness (QED) is 0.603. The smallest absolute Gasteiger partial charge is 0.388 e. The van der Waals surface area contributed by atoms with E-state index in [9.17, 15) is 31.1 Å². The highest BCUT2D eigenvalue weighted by Gasteiger charge is 2.48. The summed E-state index contributed by atoms with van der Waals surface area (Å²) in [6.45, 7) is 1.17. The van der Waals surface area contributed by atoms with E-state index < -0.39 is 36.6 Å². The summed E-state index contributed by atoms with van der Waals surface area (Å²) in [4.78, 5) is 20.1. The van der Waals surface area contributed by atoms with Crippen molar-refractivity contribution in [2.45, 2.75) is 50.8 Å². The van der Waals surface area contributed by atoms with E-state index in [0.717, 1.165) is 18.7 Å². The third kappa shape index (κ3) is 6.97. The van der Waals surface area contributed by atoms with Gasteiger partial charge in [-0.1, -0.05) is 6.07 Å². The number of nitrogens with zero attached hydrogens (tertiary/aromatic N) is 2. The number of halogens is 6. The molecule has 2 aromatic rings. The first-order valence-corrected chi connectivity index (χ1v) is 9.88. The molecular formula is C20H26F6N4O3. The van der Waals surface area contributed by atoms with Crippen molar-refractivity contribution in [3.05, 3.63) is 29.6 Å². The molecule has 1 unspecified atom stereocenters. The number of methoxy groups -OCH3 is 1. The molecule has 0 bridgehead atoms. The summed E-state index contributed by atoms with van der Waals surface area (Å²) in [6.07, 6.45) is -8.90. The molecule has 7 nitrogen and oxygen atoms in total. The number of hydrogen-bond donors (Lipinski definition) is 2. The third-order valence-electron chi connectivity index (χ3n) is 4.84. The van der Waals surface area contributed by atoms with Gasteiger partial charge in [0.2, 0.25) is 0 Å². The zero-order valence-electron chi connectivity index (χ0n) is 18.5. The molecule has 2 N–H and O–H groups in total. The lowest BCUT2D eigenvalue weighted by Gasteiger charge is -2.27. The highest BCUT2D eigenvalue weighted by molar-refractivity contribution is 5.78. The number of imidazole rings is 1. The number of carbonyl (C=O) groups excluding carboxylic acids is 1. The first kappa shape index (κ1) is 26.7. The van der Waals surface area contributed by atoms with E-state index in [1.54, 1.807) is 32.4 Å². The van der Waals surface area contributed by atoms with Gasteiger partial charge >= 0.3 is 18.4 Å². The Balaban J connectivity index is 0.00000122. The number of nitrogens with one attached hydrogen (secondary N) is 2. The number of amides is 2. The van der Waals surface area contributed by atoms with Crippen LogP contribution in [0.25, 0.3) is 11.0 Å². The van der Waals surface area contributed by atoms with E-state index in [1.807, 2.05) is 5.32 Å². The standard InChI is InChI=1S/C18H20F6N4O2.C2H6O/c1-16(2,18(22,23)24)30-6-5-14-25-11-4-3-10(7-12(11)26-14)8-28-9-13(17(19,20)21)27-15(28)29;1-3-2/h3-4,7,13H,5-6,8-9H2,1-2H3,(H,25,26)(H,27,29);1-2H3. The maximum atomic E-state index is 12.8. The molecule has 1 aliphatic heterocycles. The number of H-pyrrole nitrogens is 1. The summed E-state index contributed by atoms with van der Waals surface area (Å²) in [6, 6.07) is 2.19. The third-order valence-corrected chi connectivity index (χ3v) is 4.84. The lowest BCUT2D eigenvalue weighted by molar-refractivity contribution is -0.263. The molecule has 1 atom stereocenters. The van der Waals surface area contributed by atoms with E-state index in [0.29, 0.717) is 22.4 Å². The zero-order valence-corrected chi connectivity index (χ0v) is 18.5. The fraction of sp³-hybridized carbons (Fsp3) is 0.600. The van der Waals surface area contributed by atoms with Gasteiger partial charge < -0.3 is 24.7 Å². The maximum absolute atomic E-state index is 12.8. The molecule has 0 spiro atoms. The fourth-order valence-corrected chi connectivity index (χ4v) is 2.94. The average molecular weight is 484 g/mol. The molecule has 0 radical (unpaired) electrons. The van der Waals surface area contributed by atoms with Gasteiger partial charge in [0.05, 0.1) is 24.2 Å². The summed E-state index contributed by atoms with van der Waals surface area (Å²) >= 11 is 0. The SMILES string of the molecule is CC(C)(OCCc1nc2ccc(CN3CC(C(F)(F)F)NC3=O)cc2[nH]1)C(F)(F)F.COC. The van der Waals surface area contributed by atoms with Gasteiger partial charge in [-0.15, -0.1) is 0 Å². The van der Waals surface area contributed by atoms with Crippen LogP contribution in [0.2, 0.25) is 0 Å². The first-order chi connectivity index (χ1) is 15.2. The second-order valence-electron chi connectivity index (χ2n) is 7.97. The number of benzene rings is 1. The highest BCUT2D eigenvalue weighted by Crippen LogP contribution is 2.33. The lowest BCUT2D eigenvalue weighted by atomic mass is 10.1. The Labute approximate surface area is 186 Å². The molecule has 2 heterocycles. The van der Waals surface area contributed by atoms with Crippen molar-refractivity contribution < 1.29 is 40.6 Å². The van der Waals surface area contributed by atoms with Gasteiger partial charge in [-0.05, 0) is 31.5 Å². The molecule has 1 aliphatic rings. The molecular weight excluding hydrogens is 458 g/mol. The van der Waals surface area contributed by atoms with Gasteiger partial charge in [-0.25, -0.2) is 9.78 Å². The van der Waals surface area contributed by atoms with Crippen LogP contribution in [0.15, 0.2) is 18.2 Å². The van der Waals surface area contributed by atoms with Crippen LogP contribution in [-0.4, -0.2) is 72.3 Å². The molecule has 2 amide bonds. The Morgan fingerprint density at radius 2 is 1.79 bits per heavy atom. The van der Waals surface area contributed by atoms with Crippen molar-refractivity contribution >= 4 is 17.1 Å². The van der Waals surface area contributed by atoms with E-state index >= 15 is 0 Å². The molecule has 1 aromatic carbocycles. The number of aromatic amines is 1. The van der Waals surface area contributed by atoms with Crippen LogP contribution in [-0.2, 0) is 22.4 Å². The second kappa shape index (κ2) is 10.2. The lowest BCUT2D eigenvalue weighted by Crippen LogP contribution is -2.42. The summed E-state index contributed by atoms with van der Waals surface area (Å²) in [5.74, 6) is 0.413. The number of fused-ring (bicyclic) bond motifs is 1. The Bertz CT molecular complexity index is 942. The molecule has 1 saturated heterocycles. The van der Waals surface area contributed by atoms with Crippen molar-refractivity contribution in [2.75, 3.05) is 27.4 Å². The minimum absolute atomic E-state index is 0.0222. The number of alkyl halides is 6. The summed E-state index contributed by atoms with van der Waals surface area (Å²) < 4.78 is 85.9. The molecule has 1 aromatic heterocycles. The number of carbonyl (C=O) groups is 1. The largest absolute Gasteiger partial charge is 0.416 e. The minimum Gasteiger partial charge on any atom is -0.388 e.